The van der Waals surface area contributed by atoms with Gasteiger partial charge in [0.05, 0.1) is 29.4 Å². The molecule has 4 rings (SSSR count). The Morgan fingerprint density at radius 3 is 3.05 bits per heavy atom. The molecule has 0 spiro atoms. The topological polar surface area (TPSA) is 48.4 Å². The largest absolute Gasteiger partial charge is 0.319 e. The van der Waals surface area contributed by atoms with Crippen molar-refractivity contribution in [1.82, 2.24) is 10.7 Å². The Hall–Kier alpha value is -1.21. The van der Waals surface area contributed by atoms with Crippen LogP contribution in [0.5, 0.6) is 0 Å². The Morgan fingerprint density at radius 2 is 2.32 bits per heavy atom. The molecule has 116 valence electrons. The van der Waals surface area contributed by atoms with Crippen molar-refractivity contribution in [3.05, 3.63) is 37.7 Å². The predicted octanol–water partition coefficient (Wildman–Crippen LogP) is 2.94. The van der Waals surface area contributed by atoms with Crippen LogP contribution in [0.2, 0.25) is 0 Å². The molecule has 2 aliphatic heterocycles. The number of fused-ring (bicyclic) bond motifs is 1. The molecule has 1 fully saturated rings. The fourth-order valence-corrected chi connectivity index (χ4v) is 4.83. The molecule has 1 atom stereocenters. The number of hydrogen-bond acceptors (Lipinski definition) is 6. The first-order valence-corrected chi connectivity index (χ1v) is 9.41. The Labute approximate surface area is 138 Å². The molecule has 2 aromatic rings. The Balaban J connectivity index is 1.59. The Morgan fingerprint density at radius 1 is 1.41 bits per heavy atom. The van der Waals surface area contributed by atoms with E-state index in [0.717, 1.165) is 19.5 Å². The van der Waals surface area contributed by atoms with Crippen LogP contribution in [0.25, 0.3) is 0 Å². The van der Waals surface area contributed by atoms with Crippen molar-refractivity contribution in [1.29, 1.82) is 0 Å². The number of hydrogen-bond donors (Lipinski definition) is 3. The molecule has 4 nitrogen and oxygen atoms in total. The summed E-state index contributed by atoms with van der Waals surface area (Å²) in [5.74, 6) is 0. The van der Waals surface area contributed by atoms with Gasteiger partial charge in [-0.15, -0.1) is 22.7 Å². The lowest BCUT2D eigenvalue weighted by molar-refractivity contribution is 0.371. The van der Waals surface area contributed by atoms with Crippen LogP contribution < -0.4 is 16.2 Å². The highest BCUT2D eigenvalue weighted by atomic mass is 32.1. The third kappa shape index (κ3) is 2.72. The molecule has 0 aromatic carbocycles. The summed E-state index contributed by atoms with van der Waals surface area (Å²) in [5.41, 5.74) is 10.4. The van der Waals surface area contributed by atoms with Gasteiger partial charge in [0.2, 0.25) is 0 Å². The van der Waals surface area contributed by atoms with Crippen LogP contribution in [0.15, 0.2) is 22.5 Å². The summed E-state index contributed by atoms with van der Waals surface area (Å²) in [6.07, 6.45) is 2.44. The average molecular weight is 332 g/mol. The molecular formula is C16H20N4S2. The highest BCUT2D eigenvalue weighted by molar-refractivity contribution is 7.15. The molecule has 0 aliphatic carbocycles. The molecule has 0 unspecified atom stereocenters. The quantitative estimate of drug-likeness (QED) is 0.807. The van der Waals surface area contributed by atoms with Crippen molar-refractivity contribution in [2.24, 2.45) is 4.99 Å². The molecule has 4 heterocycles. The van der Waals surface area contributed by atoms with Gasteiger partial charge in [-0.25, -0.2) is 5.43 Å². The van der Waals surface area contributed by atoms with E-state index in [2.05, 4.69) is 40.6 Å². The van der Waals surface area contributed by atoms with Crippen molar-refractivity contribution in [3.63, 3.8) is 0 Å². The lowest BCUT2D eigenvalue weighted by Gasteiger charge is -2.27. The van der Waals surface area contributed by atoms with Gasteiger partial charge in [0, 0.05) is 15.8 Å². The lowest BCUT2D eigenvalue weighted by atomic mass is 10.0. The molecule has 2 aromatic heterocycles. The smallest absolute Gasteiger partial charge is 0.0745 e. The molecule has 0 amide bonds. The van der Waals surface area contributed by atoms with E-state index >= 15 is 0 Å². The second-order valence-electron chi connectivity index (χ2n) is 5.82. The maximum atomic E-state index is 4.85. The normalized spacial score (nSPS) is 22.2. The van der Waals surface area contributed by atoms with Gasteiger partial charge in [0.25, 0.3) is 0 Å². The van der Waals surface area contributed by atoms with Crippen LogP contribution in [0, 0.1) is 6.92 Å². The van der Waals surface area contributed by atoms with Gasteiger partial charge in [0.1, 0.15) is 0 Å². The summed E-state index contributed by atoms with van der Waals surface area (Å²) >= 11 is 3.69. The van der Waals surface area contributed by atoms with Gasteiger partial charge in [-0.2, -0.15) is 0 Å². The summed E-state index contributed by atoms with van der Waals surface area (Å²) < 4.78 is 0. The minimum Gasteiger partial charge on any atom is -0.319 e. The summed E-state index contributed by atoms with van der Waals surface area (Å²) in [5, 5.41) is 5.61. The van der Waals surface area contributed by atoms with Gasteiger partial charge in [-0.1, -0.05) is 6.07 Å². The van der Waals surface area contributed by atoms with Gasteiger partial charge in [-0.05, 0) is 43.3 Å². The maximum absolute atomic E-state index is 4.85. The van der Waals surface area contributed by atoms with E-state index in [9.17, 15) is 0 Å². The standard InChI is InChI=1S/C16H20N4S2/c1-10-14(7-11-4-5-17-11)22-16-13(9-19-20-15(10)16)18-8-12-3-2-6-21-12/h2-3,6,11,17,19-20H,4-5,7-9H2,1H3/t11-/m1/s1. The second-order valence-corrected chi connectivity index (χ2v) is 7.96. The summed E-state index contributed by atoms with van der Waals surface area (Å²) in [6.45, 7) is 4.96. The molecule has 1 saturated heterocycles. The highest BCUT2D eigenvalue weighted by Crippen LogP contribution is 2.36. The van der Waals surface area contributed by atoms with E-state index in [4.69, 9.17) is 4.99 Å². The number of nitrogens with zero attached hydrogens (tertiary/aromatic N) is 1. The molecule has 0 radical (unpaired) electrons. The molecule has 0 saturated carbocycles. The van der Waals surface area contributed by atoms with E-state index in [-0.39, 0.29) is 0 Å². The zero-order chi connectivity index (χ0) is 14.9. The maximum Gasteiger partial charge on any atom is 0.0745 e. The van der Waals surface area contributed by atoms with Gasteiger partial charge < -0.3 is 10.7 Å². The Kier molecular flexibility index (Phi) is 4.00. The van der Waals surface area contributed by atoms with E-state index in [0.29, 0.717) is 6.04 Å². The molecular weight excluding hydrogens is 312 g/mol. The number of thiophene rings is 2. The highest BCUT2D eigenvalue weighted by Gasteiger charge is 2.25. The fourth-order valence-electron chi connectivity index (χ4n) is 2.86. The van der Waals surface area contributed by atoms with Crippen LogP contribution in [-0.4, -0.2) is 24.8 Å². The van der Waals surface area contributed by atoms with Crippen LogP contribution in [0.1, 0.15) is 26.6 Å². The molecule has 0 bridgehead atoms. The van der Waals surface area contributed by atoms with Crippen molar-refractivity contribution in [2.45, 2.75) is 32.4 Å². The van der Waals surface area contributed by atoms with E-state index in [1.54, 1.807) is 11.3 Å². The summed E-state index contributed by atoms with van der Waals surface area (Å²) in [4.78, 5) is 8.98. The van der Waals surface area contributed by atoms with Crippen LogP contribution in [0.3, 0.4) is 0 Å². The first kappa shape index (κ1) is 14.4. The van der Waals surface area contributed by atoms with Gasteiger partial charge in [0.15, 0.2) is 0 Å². The molecule has 6 heteroatoms. The van der Waals surface area contributed by atoms with E-state index < -0.39 is 0 Å². The monoisotopic (exact) mass is 332 g/mol. The lowest BCUT2D eigenvalue weighted by Crippen LogP contribution is -2.44. The van der Waals surface area contributed by atoms with Gasteiger partial charge >= 0.3 is 0 Å². The minimum absolute atomic E-state index is 0.665. The minimum atomic E-state index is 0.665. The predicted molar refractivity (Wildman–Crippen MR) is 95.4 cm³/mol. The molecule has 3 N–H and O–H groups in total. The number of hydrazine groups is 1. The number of rotatable bonds is 4. The third-order valence-electron chi connectivity index (χ3n) is 4.34. The number of anilines is 1. The van der Waals surface area contributed by atoms with E-state index in [1.807, 2.05) is 11.3 Å². The summed E-state index contributed by atoms with van der Waals surface area (Å²) in [7, 11) is 0. The van der Waals surface area contributed by atoms with Crippen molar-refractivity contribution < 1.29 is 0 Å². The zero-order valence-electron chi connectivity index (χ0n) is 12.6. The van der Waals surface area contributed by atoms with E-state index in [1.165, 1.54) is 44.6 Å². The van der Waals surface area contributed by atoms with Crippen molar-refractivity contribution >= 4 is 34.1 Å². The summed E-state index contributed by atoms with van der Waals surface area (Å²) in [6, 6.07) is 4.90. The SMILES string of the molecule is Cc1c(C[C@H]2CCN2)sc2c1NNCC2=NCc1cccs1. The number of nitrogens with one attached hydrogen (secondary N) is 3. The molecule has 22 heavy (non-hydrogen) atoms. The van der Waals surface area contributed by atoms with Crippen molar-refractivity contribution in [3.8, 4) is 0 Å². The zero-order valence-corrected chi connectivity index (χ0v) is 14.2. The first-order valence-electron chi connectivity index (χ1n) is 7.72. The second kappa shape index (κ2) is 6.12. The van der Waals surface area contributed by atoms with Crippen LogP contribution >= 0.6 is 22.7 Å². The van der Waals surface area contributed by atoms with Crippen molar-refractivity contribution in [2.75, 3.05) is 18.5 Å². The van der Waals surface area contributed by atoms with Crippen LogP contribution in [-0.2, 0) is 13.0 Å². The van der Waals surface area contributed by atoms with Gasteiger partial charge in [-0.3, -0.25) is 4.99 Å². The number of aliphatic imine (C=N–C) groups is 1. The Bertz CT molecular complexity index is 683. The third-order valence-corrected chi connectivity index (χ3v) is 6.56. The molecule has 2 aliphatic rings. The average Bonchev–Trinajstić information content (AvgIpc) is 3.10. The first-order chi connectivity index (χ1) is 10.8. The fraction of sp³-hybridized carbons (Fsp3) is 0.438. The van der Waals surface area contributed by atoms with Crippen LogP contribution in [0.4, 0.5) is 5.69 Å².